The van der Waals surface area contributed by atoms with Crippen molar-refractivity contribution >= 4 is 44.6 Å². The molecule has 2 fully saturated rings. The summed E-state index contributed by atoms with van der Waals surface area (Å²) < 4.78 is 46.9. The monoisotopic (exact) mass is 510 g/mol. The molecule has 0 radical (unpaired) electrons. The minimum absolute atomic E-state index is 0.0551. The van der Waals surface area contributed by atoms with Crippen molar-refractivity contribution < 1.29 is 22.7 Å². The maximum atomic E-state index is 13.8. The third kappa shape index (κ3) is 3.66. The van der Waals surface area contributed by atoms with Gasteiger partial charge in [0.25, 0.3) is 0 Å². The van der Waals surface area contributed by atoms with Crippen molar-refractivity contribution in [2.75, 3.05) is 36.5 Å². The number of anilines is 2. The van der Waals surface area contributed by atoms with Gasteiger partial charge < -0.3 is 20.4 Å². The molecule has 8 nitrogen and oxygen atoms in total. The fourth-order valence-electron chi connectivity index (χ4n) is 3.99. The maximum Gasteiger partial charge on any atom is 0.419 e. The number of benzene rings is 1. The summed E-state index contributed by atoms with van der Waals surface area (Å²) in [7, 11) is 0. The molecule has 5 rings (SSSR count). The second kappa shape index (κ2) is 7.93. The van der Waals surface area contributed by atoms with Crippen LogP contribution < -0.4 is 15.5 Å². The normalized spacial score (nSPS) is 19.1. The van der Waals surface area contributed by atoms with Crippen molar-refractivity contribution in [3.8, 4) is 11.3 Å². The lowest BCUT2D eigenvalue weighted by Crippen LogP contribution is -2.24. The molecule has 2 saturated heterocycles. The van der Waals surface area contributed by atoms with Gasteiger partial charge in [-0.3, -0.25) is 4.90 Å². The summed E-state index contributed by atoms with van der Waals surface area (Å²) in [6.45, 7) is 2.20. The SMILES string of the molecule is O=C1OCCN1c1ccc2c(-c3nc(N[C@H]4CCNC4)ncc3C(F)(F)F)c[nH]c2c1Br. The third-order valence-electron chi connectivity index (χ3n) is 5.57. The van der Waals surface area contributed by atoms with Gasteiger partial charge in [-0.05, 0) is 41.0 Å². The number of cyclic esters (lactones) is 1. The molecule has 1 aromatic carbocycles. The van der Waals surface area contributed by atoms with Gasteiger partial charge in [0, 0.05) is 35.9 Å². The Kier molecular flexibility index (Phi) is 5.20. The number of H-pyrrole nitrogens is 1. The highest BCUT2D eigenvalue weighted by molar-refractivity contribution is 9.10. The van der Waals surface area contributed by atoms with E-state index in [4.69, 9.17) is 4.74 Å². The second-order valence-corrected chi connectivity index (χ2v) is 8.37. The summed E-state index contributed by atoms with van der Waals surface area (Å²) in [5, 5.41) is 6.82. The van der Waals surface area contributed by atoms with Crippen molar-refractivity contribution in [1.29, 1.82) is 0 Å². The minimum Gasteiger partial charge on any atom is -0.447 e. The summed E-state index contributed by atoms with van der Waals surface area (Å²) >= 11 is 3.48. The topological polar surface area (TPSA) is 95.2 Å². The quantitative estimate of drug-likeness (QED) is 0.488. The molecule has 0 saturated carbocycles. The Hall–Kier alpha value is -2.86. The Labute approximate surface area is 188 Å². The zero-order chi connectivity index (χ0) is 22.5. The second-order valence-electron chi connectivity index (χ2n) is 7.58. The fraction of sp³-hybridized carbons (Fsp3) is 0.350. The van der Waals surface area contributed by atoms with Crippen molar-refractivity contribution in [3.05, 3.63) is 34.6 Å². The summed E-state index contributed by atoms with van der Waals surface area (Å²) in [5.74, 6) is 0.145. The van der Waals surface area contributed by atoms with Crippen LogP contribution in [0.15, 0.2) is 29.0 Å². The molecule has 0 bridgehead atoms. The number of carbonyl (C=O) groups is 1. The van der Waals surface area contributed by atoms with E-state index in [2.05, 4.69) is 41.5 Å². The van der Waals surface area contributed by atoms with Gasteiger partial charge in [-0.1, -0.05) is 0 Å². The van der Waals surface area contributed by atoms with Gasteiger partial charge in [-0.25, -0.2) is 14.8 Å². The average molecular weight is 511 g/mol. The average Bonchev–Trinajstić information content (AvgIpc) is 3.49. The van der Waals surface area contributed by atoms with E-state index in [1.54, 1.807) is 12.1 Å². The van der Waals surface area contributed by atoms with Gasteiger partial charge in [0.05, 0.1) is 27.9 Å². The first-order chi connectivity index (χ1) is 15.3. The van der Waals surface area contributed by atoms with E-state index in [0.717, 1.165) is 19.2 Å². The lowest BCUT2D eigenvalue weighted by atomic mass is 10.1. The van der Waals surface area contributed by atoms with E-state index in [1.807, 2.05) is 0 Å². The molecule has 0 unspecified atom stereocenters. The largest absolute Gasteiger partial charge is 0.447 e. The predicted molar refractivity (Wildman–Crippen MR) is 116 cm³/mol. The lowest BCUT2D eigenvalue weighted by molar-refractivity contribution is -0.137. The Balaban J connectivity index is 1.60. The van der Waals surface area contributed by atoms with E-state index < -0.39 is 17.8 Å². The molecule has 0 aliphatic carbocycles. The number of alkyl halides is 3. The molecule has 1 atom stereocenters. The number of hydrogen-bond acceptors (Lipinski definition) is 6. The third-order valence-corrected chi connectivity index (χ3v) is 6.37. The van der Waals surface area contributed by atoms with Crippen LogP contribution in [0.3, 0.4) is 0 Å². The molecule has 2 aliphatic heterocycles. The van der Waals surface area contributed by atoms with Crippen LogP contribution in [0.4, 0.5) is 29.6 Å². The summed E-state index contributed by atoms with van der Waals surface area (Å²) in [6.07, 6.45) is -1.95. The van der Waals surface area contributed by atoms with E-state index in [1.165, 1.54) is 11.1 Å². The molecule has 32 heavy (non-hydrogen) atoms. The standard InChI is InChI=1S/C20H18BrF3N6O2/c21-15-14(30-5-6-32-19(30)31)2-1-11-12(8-26-17(11)15)16-13(20(22,23)24)9-27-18(29-16)28-10-3-4-25-7-10/h1-2,8-10,25-26H,3-7H2,(H,27,28,29)/t10-/m0/s1. The molecular weight excluding hydrogens is 493 g/mol. The molecule has 3 aromatic rings. The fourth-order valence-corrected chi connectivity index (χ4v) is 4.67. The van der Waals surface area contributed by atoms with Gasteiger partial charge in [-0.2, -0.15) is 13.2 Å². The number of nitrogens with zero attached hydrogens (tertiary/aromatic N) is 3. The number of halogens is 4. The Morgan fingerprint density at radius 1 is 1.31 bits per heavy atom. The number of fused-ring (bicyclic) bond motifs is 1. The summed E-state index contributed by atoms with van der Waals surface area (Å²) in [4.78, 5) is 24.6. The lowest BCUT2D eigenvalue weighted by Gasteiger charge is -2.16. The van der Waals surface area contributed by atoms with E-state index in [-0.39, 0.29) is 24.3 Å². The molecule has 2 aromatic heterocycles. The molecule has 2 aliphatic rings. The predicted octanol–water partition coefficient (Wildman–Crippen LogP) is 4.14. The first-order valence-electron chi connectivity index (χ1n) is 9.98. The molecule has 12 heteroatoms. The number of nitrogens with one attached hydrogen (secondary N) is 3. The van der Waals surface area contributed by atoms with E-state index in [0.29, 0.717) is 39.7 Å². The highest BCUT2D eigenvalue weighted by atomic mass is 79.9. The smallest absolute Gasteiger partial charge is 0.419 e. The van der Waals surface area contributed by atoms with Gasteiger partial charge in [-0.15, -0.1) is 0 Å². The van der Waals surface area contributed by atoms with Gasteiger partial charge in [0.1, 0.15) is 12.2 Å². The van der Waals surface area contributed by atoms with Crippen molar-refractivity contribution in [1.82, 2.24) is 20.3 Å². The molecule has 1 amide bonds. The van der Waals surface area contributed by atoms with Crippen LogP contribution in [0.2, 0.25) is 0 Å². The van der Waals surface area contributed by atoms with E-state index >= 15 is 0 Å². The number of rotatable bonds is 4. The van der Waals surface area contributed by atoms with Crippen LogP contribution in [0.1, 0.15) is 12.0 Å². The first-order valence-corrected chi connectivity index (χ1v) is 10.8. The first kappa shape index (κ1) is 21.0. The van der Waals surface area contributed by atoms with Crippen LogP contribution in [0.5, 0.6) is 0 Å². The van der Waals surface area contributed by atoms with Crippen LogP contribution in [0, 0.1) is 0 Å². The van der Waals surface area contributed by atoms with Crippen molar-refractivity contribution in [2.24, 2.45) is 0 Å². The zero-order valence-electron chi connectivity index (χ0n) is 16.6. The van der Waals surface area contributed by atoms with Crippen LogP contribution in [0.25, 0.3) is 22.2 Å². The highest BCUT2D eigenvalue weighted by Crippen LogP contribution is 2.42. The van der Waals surface area contributed by atoms with Crippen molar-refractivity contribution in [3.63, 3.8) is 0 Å². The molecule has 0 spiro atoms. The van der Waals surface area contributed by atoms with Gasteiger partial charge in [0.15, 0.2) is 0 Å². The number of hydrogen-bond donors (Lipinski definition) is 3. The number of aromatic amines is 1. The molecule has 168 valence electrons. The Morgan fingerprint density at radius 3 is 2.84 bits per heavy atom. The Bertz CT molecular complexity index is 1190. The number of amides is 1. The zero-order valence-corrected chi connectivity index (χ0v) is 18.2. The van der Waals surface area contributed by atoms with E-state index in [9.17, 15) is 18.0 Å². The van der Waals surface area contributed by atoms with Crippen LogP contribution >= 0.6 is 15.9 Å². The maximum absolute atomic E-state index is 13.8. The summed E-state index contributed by atoms with van der Waals surface area (Å²) in [5.41, 5.74) is 0.282. The molecule has 3 N–H and O–H groups in total. The Morgan fingerprint density at radius 2 is 2.16 bits per heavy atom. The van der Waals surface area contributed by atoms with Crippen molar-refractivity contribution in [2.45, 2.75) is 18.6 Å². The van der Waals surface area contributed by atoms with Crippen LogP contribution in [-0.2, 0) is 10.9 Å². The summed E-state index contributed by atoms with van der Waals surface area (Å²) in [6, 6.07) is 3.40. The number of aromatic nitrogens is 3. The molecule has 4 heterocycles. The molecular formula is C20H18BrF3N6O2. The van der Waals surface area contributed by atoms with Gasteiger partial charge >= 0.3 is 12.3 Å². The van der Waals surface area contributed by atoms with Crippen LogP contribution in [-0.4, -0.2) is 53.3 Å². The number of ether oxygens (including phenoxy) is 1. The minimum atomic E-state index is -4.62. The highest BCUT2D eigenvalue weighted by Gasteiger charge is 2.36. The van der Waals surface area contributed by atoms with Gasteiger partial charge in [0.2, 0.25) is 5.95 Å². The number of carbonyl (C=O) groups excluding carboxylic acids is 1.